The Kier molecular flexibility index (Phi) is 7.66. The van der Waals surface area contributed by atoms with Crippen molar-refractivity contribution in [1.82, 2.24) is 4.57 Å². The van der Waals surface area contributed by atoms with Crippen LogP contribution in [-0.4, -0.2) is 35.3 Å². The van der Waals surface area contributed by atoms with Crippen LogP contribution in [-0.2, 0) is 28.7 Å². The third-order valence-corrected chi connectivity index (χ3v) is 8.12. The van der Waals surface area contributed by atoms with Crippen LogP contribution in [0.4, 0.5) is 19.0 Å². The predicted molar refractivity (Wildman–Crippen MR) is 163 cm³/mol. The summed E-state index contributed by atoms with van der Waals surface area (Å²) in [4.78, 5) is 41.9. The van der Waals surface area contributed by atoms with Crippen molar-refractivity contribution in [1.29, 1.82) is 0 Å². The minimum atomic E-state index is -4.69. The summed E-state index contributed by atoms with van der Waals surface area (Å²) in [7, 11) is 1.16. The van der Waals surface area contributed by atoms with Gasteiger partial charge in [0.05, 0.1) is 19.2 Å². The van der Waals surface area contributed by atoms with Crippen molar-refractivity contribution in [3.63, 3.8) is 0 Å². The summed E-state index contributed by atoms with van der Waals surface area (Å²) in [6.45, 7) is 0.138. The molecule has 1 aliphatic rings. The van der Waals surface area contributed by atoms with Crippen molar-refractivity contribution >= 4 is 28.5 Å². The number of anilines is 1. The molecule has 0 aliphatic carbocycles. The van der Waals surface area contributed by atoms with Gasteiger partial charge < -0.3 is 14.7 Å². The molecule has 4 aromatic carbocycles. The molecule has 1 aliphatic heterocycles. The van der Waals surface area contributed by atoms with Crippen LogP contribution in [0.2, 0.25) is 0 Å². The van der Waals surface area contributed by atoms with E-state index >= 15 is 0 Å². The number of carboxylic acids is 1. The number of methoxy groups -OCH3 is 1. The van der Waals surface area contributed by atoms with Crippen LogP contribution in [0.5, 0.6) is 0 Å². The number of ether oxygens (including phenoxy) is 1. The van der Waals surface area contributed by atoms with E-state index in [2.05, 4.69) is 0 Å². The molecule has 1 unspecified atom stereocenters. The Bertz CT molecular complexity index is 2000. The summed E-state index contributed by atoms with van der Waals surface area (Å²) in [6.07, 6.45) is -4.76. The van der Waals surface area contributed by atoms with Crippen molar-refractivity contribution in [2.45, 2.75) is 25.2 Å². The number of esters is 1. The van der Waals surface area contributed by atoms with Crippen LogP contribution in [0.1, 0.15) is 38.7 Å². The van der Waals surface area contributed by atoms with Crippen LogP contribution in [0.25, 0.3) is 21.9 Å². The summed E-state index contributed by atoms with van der Waals surface area (Å²) in [6, 6.07) is 25.5. The second-order valence-corrected chi connectivity index (χ2v) is 10.8. The molecule has 1 atom stereocenters. The average Bonchev–Trinajstić information content (AvgIpc) is 3.40. The normalized spacial score (nSPS) is 14.4. The zero-order valence-corrected chi connectivity index (χ0v) is 24.0. The number of carbonyl (C=O) groups is 2. The number of carboxylic acid groups (broad SMARTS) is 1. The highest BCUT2D eigenvalue weighted by molar-refractivity contribution is 5.96. The quantitative estimate of drug-likeness (QED) is 0.206. The number of hydrogen-bond donors (Lipinski definition) is 1. The van der Waals surface area contributed by atoms with Gasteiger partial charge in [0.25, 0.3) is 5.56 Å². The van der Waals surface area contributed by atoms with Gasteiger partial charge in [0.15, 0.2) is 6.04 Å². The number of aromatic carboxylic acids is 1. The second-order valence-electron chi connectivity index (χ2n) is 10.8. The Morgan fingerprint density at radius 3 is 2.33 bits per heavy atom. The number of hydrogen-bond acceptors (Lipinski definition) is 5. The van der Waals surface area contributed by atoms with E-state index in [-0.39, 0.29) is 42.0 Å². The monoisotopic (exact) mass is 612 g/mol. The minimum Gasteiger partial charge on any atom is -0.477 e. The number of aromatic nitrogens is 1. The molecule has 0 spiro atoms. The lowest BCUT2D eigenvalue weighted by atomic mass is 9.89. The molecular weight excluding hydrogens is 585 g/mol. The van der Waals surface area contributed by atoms with Crippen molar-refractivity contribution in [3.8, 4) is 11.1 Å². The molecule has 0 saturated heterocycles. The van der Waals surface area contributed by atoms with Crippen molar-refractivity contribution in [2.75, 3.05) is 18.6 Å². The first kappa shape index (κ1) is 29.7. The minimum absolute atomic E-state index is 0.0537. The summed E-state index contributed by atoms with van der Waals surface area (Å²) in [5.74, 6) is -2.18. The van der Waals surface area contributed by atoms with Gasteiger partial charge in [-0.1, -0.05) is 84.9 Å². The molecule has 10 heteroatoms. The van der Waals surface area contributed by atoms with Crippen LogP contribution in [0.15, 0.2) is 102 Å². The number of fused-ring (bicyclic) bond motifs is 2. The Balaban J connectivity index is 1.72. The van der Waals surface area contributed by atoms with Crippen molar-refractivity contribution in [2.24, 2.45) is 0 Å². The highest BCUT2D eigenvalue weighted by Gasteiger charge is 2.41. The molecule has 5 aromatic rings. The van der Waals surface area contributed by atoms with Gasteiger partial charge in [0.2, 0.25) is 0 Å². The molecular formula is C35H27F3N2O5. The van der Waals surface area contributed by atoms with E-state index in [1.165, 1.54) is 12.1 Å². The number of nitrogens with zero attached hydrogens (tertiary/aromatic N) is 2. The van der Waals surface area contributed by atoms with Crippen LogP contribution >= 0.6 is 0 Å². The first-order chi connectivity index (χ1) is 21.6. The fraction of sp³-hybridized carbons (Fsp3) is 0.171. The lowest BCUT2D eigenvalue weighted by Gasteiger charge is -2.25. The number of rotatable bonds is 7. The average molecular weight is 613 g/mol. The van der Waals surface area contributed by atoms with Gasteiger partial charge in [0, 0.05) is 12.1 Å². The smallest absolute Gasteiger partial charge is 0.416 e. The molecule has 0 saturated carbocycles. The molecule has 1 N–H and O–H groups in total. The molecule has 228 valence electrons. The molecule has 45 heavy (non-hydrogen) atoms. The highest BCUT2D eigenvalue weighted by atomic mass is 19.4. The number of halogens is 3. The first-order valence-corrected chi connectivity index (χ1v) is 14.1. The molecule has 0 fully saturated rings. The molecule has 0 bridgehead atoms. The molecule has 7 nitrogen and oxygen atoms in total. The Morgan fingerprint density at radius 1 is 0.933 bits per heavy atom. The lowest BCUT2D eigenvalue weighted by Crippen LogP contribution is -2.33. The van der Waals surface area contributed by atoms with E-state index in [1.807, 2.05) is 60.7 Å². The van der Waals surface area contributed by atoms with Crippen LogP contribution in [0.3, 0.4) is 0 Å². The number of benzene rings is 4. The summed E-state index contributed by atoms with van der Waals surface area (Å²) in [5, 5.41) is 12.2. The van der Waals surface area contributed by atoms with Gasteiger partial charge in [-0.25, -0.2) is 9.59 Å². The van der Waals surface area contributed by atoms with E-state index in [0.717, 1.165) is 40.1 Å². The van der Waals surface area contributed by atoms with Crippen LogP contribution in [0, 0.1) is 0 Å². The summed E-state index contributed by atoms with van der Waals surface area (Å²) in [5.41, 5.74) is -0.736. The maximum Gasteiger partial charge on any atom is 0.416 e. The third kappa shape index (κ3) is 5.43. The summed E-state index contributed by atoms with van der Waals surface area (Å²) < 4.78 is 48.1. The lowest BCUT2D eigenvalue weighted by molar-refractivity contribution is -0.144. The second kappa shape index (κ2) is 11.6. The molecule has 6 rings (SSSR count). The van der Waals surface area contributed by atoms with Gasteiger partial charge >= 0.3 is 18.1 Å². The number of carbonyl (C=O) groups excluding carboxylic acids is 1. The maximum atomic E-state index is 14.2. The summed E-state index contributed by atoms with van der Waals surface area (Å²) >= 11 is 0. The predicted octanol–water partition coefficient (Wildman–Crippen LogP) is 6.71. The fourth-order valence-electron chi connectivity index (χ4n) is 6.15. The van der Waals surface area contributed by atoms with Gasteiger partial charge in [-0.15, -0.1) is 0 Å². The van der Waals surface area contributed by atoms with Gasteiger partial charge in [-0.3, -0.25) is 9.36 Å². The maximum absolute atomic E-state index is 14.2. The topological polar surface area (TPSA) is 88.8 Å². The standard InChI is InChI=1S/C35H27F3N2O5/c1-45-34(44)28-20-39(19-21-9-3-2-4-10-21)31-29(24-14-8-15-25(17-24)35(36,37)38)27(30(33(42)43)32(41)40(28)31)18-23-13-7-12-22-11-5-6-16-26(22)23/h2-17,28H,18-20H2,1H3,(H,42,43). The fourth-order valence-corrected chi connectivity index (χ4v) is 6.15. The number of pyridine rings is 1. The van der Waals surface area contributed by atoms with Crippen molar-refractivity contribution < 1.29 is 32.6 Å². The SMILES string of the molecule is COC(=O)C1CN(Cc2ccccc2)c2c(-c3cccc(C(F)(F)F)c3)c(Cc3cccc4ccccc34)c(C(=O)O)c(=O)n21. The Labute approximate surface area is 255 Å². The Morgan fingerprint density at radius 2 is 1.62 bits per heavy atom. The zero-order valence-electron chi connectivity index (χ0n) is 24.0. The van der Waals surface area contributed by atoms with E-state index in [4.69, 9.17) is 4.74 Å². The van der Waals surface area contributed by atoms with Gasteiger partial charge in [-0.05, 0) is 51.6 Å². The van der Waals surface area contributed by atoms with Gasteiger partial charge in [0.1, 0.15) is 11.4 Å². The molecule has 1 aromatic heterocycles. The molecule has 0 radical (unpaired) electrons. The van der Waals surface area contributed by atoms with Gasteiger partial charge in [-0.2, -0.15) is 13.2 Å². The largest absolute Gasteiger partial charge is 0.477 e. The molecule has 0 amide bonds. The third-order valence-electron chi connectivity index (χ3n) is 8.12. The van der Waals surface area contributed by atoms with E-state index < -0.39 is 40.8 Å². The van der Waals surface area contributed by atoms with Crippen LogP contribution < -0.4 is 10.5 Å². The van der Waals surface area contributed by atoms with E-state index in [9.17, 15) is 32.7 Å². The molecule has 2 heterocycles. The zero-order chi connectivity index (χ0) is 31.9. The first-order valence-electron chi connectivity index (χ1n) is 14.1. The number of alkyl halides is 3. The van der Waals surface area contributed by atoms with E-state index in [1.54, 1.807) is 17.0 Å². The highest BCUT2D eigenvalue weighted by Crippen LogP contribution is 2.44. The van der Waals surface area contributed by atoms with Crippen molar-refractivity contribution in [3.05, 3.63) is 135 Å². The Hall–Kier alpha value is -5.38. The van der Waals surface area contributed by atoms with E-state index in [0.29, 0.717) is 5.56 Å².